The SMILES string of the molecule is CC(=O)OCC(=O)[C@@]1(O)CC[C@H]2[C@@H]3CC=C4C=C(Cl)CC[C@]4(C)[C@H]3C(=O)C[C@@]21C. The zero-order valence-electron chi connectivity index (χ0n) is 17.3. The standard InChI is InChI=1S/C23H29ClO5/c1-13(25)29-12-19(27)23(28)9-7-17-16-5-4-14-10-15(24)6-8-21(14,2)20(16)18(26)11-22(17,23)3/h4,10,16-17,20,28H,5-9,11-12H2,1-3H3/t16-,17-,20+,21-,22-,23-/m0/s1. The number of hydrogen-bond acceptors (Lipinski definition) is 5. The molecule has 4 rings (SSSR count). The molecule has 0 bridgehead atoms. The van der Waals surface area contributed by atoms with E-state index in [0.29, 0.717) is 12.8 Å². The van der Waals surface area contributed by atoms with Crippen molar-refractivity contribution < 1.29 is 24.2 Å². The van der Waals surface area contributed by atoms with E-state index >= 15 is 0 Å². The van der Waals surface area contributed by atoms with Gasteiger partial charge in [-0.25, -0.2) is 0 Å². The van der Waals surface area contributed by atoms with Gasteiger partial charge in [0.2, 0.25) is 5.78 Å². The summed E-state index contributed by atoms with van der Waals surface area (Å²) in [5.41, 5.74) is -1.53. The van der Waals surface area contributed by atoms with Crippen LogP contribution in [0.25, 0.3) is 0 Å². The Hall–Kier alpha value is -1.46. The molecule has 2 saturated carbocycles. The van der Waals surface area contributed by atoms with Crippen molar-refractivity contribution in [3.8, 4) is 0 Å². The van der Waals surface area contributed by atoms with Crippen LogP contribution in [0.4, 0.5) is 0 Å². The molecule has 0 spiro atoms. The van der Waals surface area contributed by atoms with Crippen LogP contribution < -0.4 is 0 Å². The Labute approximate surface area is 176 Å². The zero-order valence-corrected chi connectivity index (χ0v) is 18.1. The summed E-state index contributed by atoms with van der Waals surface area (Å²) in [7, 11) is 0. The summed E-state index contributed by atoms with van der Waals surface area (Å²) in [4.78, 5) is 37.5. The first-order valence-corrected chi connectivity index (χ1v) is 10.9. The summed E-state index contributed by atoms with van der Waals surface area (Å²) >= 11 is 6.27. The highest BCUT2D eigenvalue weighted by molar-refractivity contribution is 6.29. The second kappa shape index (κ2) is 6.78. The Kier molecular flexibility index (Phi) is 4.86. The summed E-state index contributed by atoms with van der Waals surface area (Å²) in [5, 5.41) is 12.3. The average Bonchev–Trinajstić information content (AvgIpc) is 2.91. The van der Waals surface area contributed by atoms with E-state index in [-0.39, 0.29) is 35.4 Å². The number of ketones is 2. The second-order valence-electron chi connectivity index (χ2n) is 9.81. The number of carbonyl (C=O) groups excluding carboxylic acids is 3. The van der Waals surface area contributed by atoms with Crippen molar-refractivity contribution in [2.45, 2.75) is 64.9 Å². The van der Waals surface area contributed by atoms with Gasteiger partial charge in [-0.3, -0.25) is 14.4 Å². The predicted molar refractivity (Wildman–Crippen MR) is 108 cm³/mol. The molecule has 0 heterocycles. The topological polar surface area (TPSA) is 80.7 Å². The first-order valence-electron chi connectivity index (χ1n) is 10.5. The van der Waals surface area contributed by atoms with Crippen molar-refractivity contribution in [2.75, 3.05) is 6.61 Å². The summed E-state index contributed by atoms with van der Waals surface area (Å²) in [6.07, 6.45) is 7.80. The van der Waals surface area contributed by atoms with Crippen molar-refractivity contribution in [1.82, 2.24) is 0 Å². The molecule has 0 aromatic heterocycles. The second-order valence-corrected chi connectivity index (χ2v) is 10.3. The van der Waals surface area contributed by atoms with Gasteiger partial charge in [0.05, 0.1) is 0 Å². The van der Waals surface area contributed by atoms with Gasteiger partial charge in [0.15, 0.2) is 6.61 Å². The molecule has 29 heavy (non-hydrogen) atoms. The average molecular weight is 421 g/mol. The number of fused-ring (bicyclic) bond motifs is 5. The van der Waals surface area contributed by atoms with E-state index in [1.165, 1.54) is 6.92 Å². The van der Waals surface area contributed by atoms with Crippen LogP contribution in [0.5, 0.6) is 0 Å². The monoisotopic (exact) mass is 420 g/mol. The van der Waals surface area contributed by atoms with Gasteiger partial charge in [0.1, 0.15) is 11.4 Å². The Balaban J connectivity index is 1.68. The number of ether oxygens (including phenoxy) is 1. The van der Waals surface area contributed by atoms with Gasteiger partial charge in [-0.2, -0.15) is 0 Å². The van der Waals surface area contributed by atoms with Crippen molar-refractivity contribution in [2.24, 2.45) is 28.6 Å². The Morgan fingerprint density at radius 1 is 1.31 bits per heavy atom. The minimum absolute atomic E-state index is 0.0764. The largest absolute Gasteiger partial charge is 0.458 e. The van der Waals surface area contributed by atoms with Gasteiger partial charge < -0.3 is 9.84 Å². The fourth-order valence-corrected chi connectivity index (χ4v) is 7.09. The highest BCUT2D eigenvalue weighted by Crippen LogP contribution is 2.66. The lowest BCUT2D eigenvalue weighted by atomic mass is 9.47. The molecule has 4 aliphatic carbocycles. The number of rotatable bonds is 3. The number of carbonyl (C=O) groups is 3. The molecular weight excluding hydrogens is 392 g/mol. The van der Waals surface area contributed by atoms with Gasteiger partial charge in [-0.1, -0.05) is 31.5 Å². The number of esters is 1. The first-order chi connectivity index (χ1) is 13.5. The Morgan fingerprint density at radius 2 is 2.03 bits per heavy atom. The number of halogens is 1. The van der Waals surface area contributed by atoms with Gasteiger partial charge >= 0.3 is 5.97 Å². The van der Waals surface area contributed by atoms with Crippen molar-refractivity contribution in [3.63, 3.8) is 0 Å². The van der Waals surface area contributed by atoms with E-state index in [0.717, 1.165) is 29.9 Å². The lowest BCUT2D eigenvalue weighted by molar-refractivity contribution is -0.172. The lowest BCUT2D eigenvalue weighted by Crippen LogP contribution is -2.60. The predicted octanol–water partition coefficient (Wildman–Crippen LogP) is 3.72. The van der Waals surface area contributed by atoms with Crippen LogP contribution in [-0.2, 0) is 19.1 Å². The van der Waals surface area contributed by atoms with Gasteiger partial charge in [0, 0.05) is 35.1 Å². The van der Waals surface area contributed by atoms with Crippen molar-refractivity contribution in [3.05, 3.63) is 22.8 Å². The van der Waals surface area contributed by atoms with E-state index in [1.54, 1.807) is 0 Å². The van der Waals surface area contributed by atoms with E-state index < -0.39 is 29.4 Å². The first kappa shape index (κ1) is 20.8. The zero-order chi connectivity index (χ0) is 21.2. The van der Waals surface area contributed by atoms with Gasteiger partial charge in [0.25, 0.3) is 0 Å². The fraction of sp³-hybridized carbons (Fsp3) is 0.696. The van der Waals surface area contributed by atoms with E-state index in [4.69, 9.17) is 16.3 Å². The molecule has 0 radical (unpaired) electrons. The fourth-order valence-electron chi connectivity index (χ4n) is 6.87. The van der Waals surface area contributed by atoms with Gasteiger partial charge in [-0.15, -0.1) is 0 Å². The minimum atomic E-state index is -1.63. The molecule has 5 nitrogen and oxygen atoms in total. The highest BCUT2D eigenvalue weighted by Gasteiger charge is 2.68. The summed E-state index contributed by atoms with van der Waals surface area (Å²) in [6.45, 7) is 4.84. The number of Topliss-reactive ketones (excluding diaryl/α,β-unsaturated/α-hetero) is 2. The molecule has 0 aliphatic heterocycles. The molecule has 158 valence electrons. The molecule has 0 saturated heterocycles. The molecule has 0 amide bonds. The van der Waals surface area contributed by atoms with E-state index in [2.05, 4.69) is 13.0 Å². The minimum Gasteiger partial charge on any atom is -0.458 e. The number of allylic oxidation sites excluding steroid dienone is 4. The van der Waals surface area contributed by atoms with E-state index in [9.17, 15) is 19.5 Å². The molecule has 0 aromatic carbocycles. The normalized spacial score (nSPS) is 43.5. The summed E-state index contributed by atoms with van der Waals surface area (Å²) in [6, 6.07) is 0. The molecule has 0 aromatic rings. The number of aliphatic hydroxyl groups is 1. The molecule has 6 atom stereocenters. The number of hydrogen-bond donors (Lipinski definition) is 1. The smallest absolute Gasteiger partial charge is 0.303 e. The molecule has 1 N–H and O–H groups in total. The molecule has 2 fully saturated rings. The van der Waals surface area contributed by atoms with Crippen LogP contribution in [-0.4, -0.2) is 34.9 Å². The van der Waals surface area contributed by atoms with Crippen LogP contribution >= 0.6 is 11.6 Å². The van der Waals surface area contributed by atoms with Crippen LogP contribution in [0.2, 0.25) is 0 Å². The Morgan fingerprint density at radius 3 is 2.72 bits per heavy atom. The summed E-state index contributed by atoms with van der Waals surface area (Å²) < 4.78 is 4.87. The quantitative estimate of drug-likeness (QED) is 0.703. The van der Waals surface area contributed by atoms with Crippen LogP contribution in [0.15, 0.2) is 22.8 Å². The maximum Gasteiger partial charge on any atom is 0.303 e. The summed E-state index contributed by atoms with van der Waals surface area (Å²) in [5.74, 6) is -0.831. The molecule has 4 aliphatic rings. The van der Waals surface area contributed by atoms with E-state index in [1.807, 2.05) is 13.0 Å². The maximum atomic E-state index is 13.5. The maximum absolute atomic E-state index is 13.5. The third-order valence-corrected chi connectivity index (χ3v) is 8.73. The molecule has 0 unspecified atom stereocenters. The van der Waals surface area contributed by atoms with Gasteiger partial charge in [-0.05, 0) is 55.6 Å². The lowest BCUT2D eigenvalue weighted by Gasteiger charge is -2.56. The molecular formula is C23H29ClO5. The molecule has 6 heteroatoms. The van der Waals surface area contributed by atoms with Crippen LogP contribution in [0.3, 0.4) is 0 Å². The Bertz CT molecular complexity index is 844. The van der Waals surface area contributed by atoms with Crippen molar-refractivity contribution in [1.29, 1.82) is 0 Å². The third kappa shape index (κ3) is 2.88. The third-order valence-electron chi connectivity index (χ3n) is 8.43. The van der Waals surface area contributed by atoms with Crippen LogP contribution in [0.1, 0.15) is 59.3 Å². The van der Waals surface area contributed by atoms with Crippen LogP contribution in [0, 0.1) is 28.6 Å². The van der Waals surface area contributed by atoms with Crippen molar-refractivity contribution >= 4 is 29.1 Å². The highest BCUT2D eigenvalue weighted by atomic mass is 35.5.